The number of hydrogen-bond donors (Lipinski definition) is 2. The number of rotatable bonds is 3. The lowest BCUT2D eigenvalue weighted by Gasteiger charge is -2.09. The Balaban J connectivity index is 0.00000121. The maximum absolute atomic E-state index is 12.7. The van der Waals surface area contributed by atoms with Gasteiger partial charge in [0.05, 0.1) is 25.8 Å². The molecule has 1 fully saturated rings. The molecule has 0 aromatic heterocycles. The van der Waals surface area contributed by atoms with Gasteiger partial charge in [0.2, 0.25) is 0 Å². The van der Waals surface area contributed by atoms with Crippen molar-refractivity contribution < 1.29 is 19.0 Å². The van der Waals surface area contributed by atoms with E-state index in [1.165, 1.54) is 0 Å². The van der Waals surface area contributed by atoms with Crippen LogP contribution in [0, 0.1) is 0 Å². The molecule has 0 radical (unpaired) electrons. The predicted octanol–water partition coefficient (Wildman–Crippen LogP) is -0.181. The van der Waals surface area contributed by atoms with Crippen molar-refractivity contribution in [3.05, 3.63) is 0 Å². The van der Waals surface area contributed by atoms with Crippen LogP contribution in [0.25, 0.3) is 0 Å². The van der Waals surface area contributed by atoms with Crippen LogP contribution >= 0.6 is 12.4 Å². The summed E-state index contributed by atoms with van der Waals surface area (Å²) in [5.41, 5.74) is 0. The highest BCUT2D eigenvalue weighted by Gasteiger charge is 2.27. The summed E-state index contributed by atoms with van der Waals surface area (Å²) in [6.07, 6.45) is -1.07. The summed E-state index contributed by atoms with van der Waals surface area (Å²) >= 11 is 0. The van der Waals surface area contributed by atoms with Crippen molar-refractivity contribution in [1.29, 1.82) is 0 Å². The normalized spacial score (nSPS) is 28.1. The van der Waals surface area contributed by atoms with E-state index in [4.69, 9.17) is 9.84 Å². The highest BCUT2D eigenvalue weighted by Crippen LogP contribution is 2.08. The van der Waals surface area contributed by atoms with Gasteiger partial charge < -0.3 is 9.84 Å². The number of carbonyl (C=O) groups is 1. The lowest BCUT2D eigenvalue weighted by atomic mass is 10.2. The Bertz CT molecular complexity index is 158. The van der Waals surface area contributed by atoms with Gasteiger partial charge in [0.25, 0.3) is 0 Å². The Morgan fingerprint density at radius 2 is 2.33 bits per heavy atom. The number of halogens is 2. The summed E-state index contributed by atoms with van der Waals surface area (Å²) < 4.78 is 17.4. The van der Waals surface area contributed by atoms with Gasteiger partial charge in [-0.15, -0.1) is 12.4 Å². The average Bonchev–Trinajstić information content (AvgIpc) is 2.31. The van der Waals surface area contributed by atoms with E-state index < -0.39 is 18.2 Å². The van der Waals surface area contributed by atoms with E-state index in [0.717, 1.165) is 0 Å². The molecule has 0 bridgehead atoms. The smallest absolute Gasteiger partial charge is 0.317 e. The quantitative estimate of drug-likeness (QED) is 0.662. The summed E-state index contributed by atoms with van der Waals surface area (Å²) in [4.78, 5) is 10.0. The molecule has 1 heterocycles. The summed E-state index contributed by atoms with van der Waals surface area (Å²) in [5, 5.41) is 10.8. The fraction of sp³-hybridized carbons (Fsp3) is 0.833. The number of alkyl halides is 1. The van der Waals surface area contributed by atoms with E-state index in [1.54, 1.807) is 0 Å². The Hall–Kier alpha value is -0.390. The highest BCUT2D eigenvalue weighted by molar-refractivity contribution is 5.85. The average molecular weight is 200 g/mol. The fourth-order valence-corrected chi connectivity index (χ4v) is 0.933. The molecule has 0 spiro atoms. The number of ether oxygens (including phenoxy) is 1. The van der Waals surface area contributed by atoms with Crippen LogP contribution in [-0.4, -0.2) is 43.0 Å². The molecule has 0 saturated carbocycles. The van der Waals surface area contributed by atoms with Crippen molar-refractivity contribution in [3.8, 4) is 0 Å². The molecule has 1 aliphatic heterocycles. The predicted molar refractivity (Wildman–Crippen MR) is 42.4 cm³/mol. The monoisotopic (exact) mass is 199 g/mol. The van der Waals surface area contributed by atoms with Gasteiger partial charge in [0, 0.05) is 0 Å². The number of nitrogens with one attached hydrogen (secondary N) is 1. The van der Waals surface area contributed by atoms with Crippen molar-refractivity contribution >= 4 is 18.4 Å². The largest absolute Gasteiger partial charge is 0.480 e. The molecule has 4 nitrogen and oxygen atoms in total. The molecule has 6 heteroatoms. The second-order valence-corrected chi connectivity index (χ2v) is 2.43. The van der Waals surface area contributed by atoms with Gasteiger partial charge in [-0.3, -0.25) is 10.1 Å². The third-order valence-electron chi connectivity index (χ3n) is 1.53. The van der Waals surface area contributed by atoms with Crippen LogP contribution in [0.15, 0.2) is 0 Å². The van der Waals surface area contributed by atoms with Crippen molar-refractivity contribution in [2.45, 2.75) is 12.2 Å². The molecular weight excluding hydrogens is 189 g/mol. The topological polar surface area (TPSA) is 58.6 Å². The minimum Gasteiger partial charge on any atom is -0.480 e. The van der Waals surface area contributed by atoms with Gasteiger partial charge in [-0.1, -0.05) is 0 Å². The second kappa shape index (κ2) is 5.29. The number of carboxylic acids is 1. The van der Waals surface area contributed by atoms with E-state index in [-0.39, 0.29) is 32.2 Å². The molecule has 1 saturated heterocycles. The van der Waals surface area contributed by atoms with E-state index in [0.29, 0.717) is 0 Å². The summed E-state index contributed by atoms with van der Waals surface area (Å²) in [6.45, 7) is 0.111. The summed E-state index contributed by atoms with van der Waals surface area (Å²) in [6, 6.07) is -0.453. The van der Waals surface area contributed by atoms with Crippen molar-refractivity contribution in [2.24, 2.45) is 0 Å². The fourth-order valence-electron chi connectivity index (χ4n) is 0.933. The van der Waals surface area contributed by atoms with Crippen LogP contribution < -0.4 is 5.32 Å². The first-order valence-electron chi connectivity index (χ1n) is 3.37. The Labute approximate surface area is 75.5 Å². The molecule has 1 rings (SSSR count). The lowest BCUT2D eigenvalue weighted by Crippen LogP contribution is -2.39. The zero-order valence-corrected chi connectivity index (χ0v) is 7.14. The number of carboxylic acid groups (broad SMARTS) is 1. The van der Waals surface area contributed by atoms with Crippen molar-refractivity contribution in [2.75, 3.05) is 19.8 Å². The van der Waals surface area contributed by atoms with Gasteiger partial charge in [-0.25, -0.2) is 4.39 Å². The van der Waals surface area contributed by atoms with E-state index in [9.17, 15) is 9.18 Å². The zero-order chi connectivity index (χ0) is 8.27. The minimum absolute atomic E-state index is 0. The van der Waals surface area contributed by atoms with Crippen LogP contribution in [0.4, 0.5) is 4.39 Å². The van der Waals surface area contributed by atoms with Crippen LogP contribution in [0.5, 0.6) is 0 Å². The molecule has 0 amide bonds. The third kappa shape index (κ3) is 3.34. The molecule has 0 unspecified atom stereocenters. The van der Waals surface area contributed by atoms with Crippen LogP contribution in [-0.2, 0) is 9.53 Å². The Morgan fingerprint density at radius 1 is 1.67 bits per heavy atom. The molecular formula is C6H11ClFNO3. The van der Waals surface area contributed by atoms with Crippen LogP contribution in [0.2, 0.25) is 0 Å². The second-order valence-electron chi connectivity index (χ2n) is 2.43. The maximum Gasteiger partial charge on any atom is 0.317 e. The van der Waals surface area contributed by atoms with E-state index in [1.807, 2.05) is 0 Å². The zero-order valence-electron chi connectivity index (χ0n) is 6.33. The third-order valence-corrected chi connectivity index (χ3v) is 1.53. The molecule has 2 N–H and O–H groups in total. The van der Waals surface area contributed by atoms with Crippen LogP contribution in [0.3, 0.4) is 0 Å². The maximum atomic E-state index is 12.7. The number of hydrogen-bond acceptors (Lipinski definition) is 3. The van der Waals surface area contributed by atoms with Gasteiger partial charge in [-0.05, 0) is 0 Å². The first kappa shape index (κ1) is 11.6. The molecule has 12 heavy (non-hydrogen) atoms. The van der Waals surface area contributed by atoms with Gasteiger partial charge >= 0.3 is 5.97 Å². The standard InChI is InChI=1S/C6H10FNO3.ClH/c7-4-2-11-3-5(4)8-1-6(9)10;/h4-5,8H,1-3H2,(H,9,10);1H/t4-,5-;/m1./s1. The summed E-state index contributed by atoms with van der Waals surface area (Å²) in [7, 11) is 0. The minimum atomic E-state index is -1.07. The van der Waals surface area contributed by atoms with E-state index >= 15 is 0 Å². The first-order chi connectivity index (χ1) is 5.20. The highest BCUT2D eigenvalue weighted by atomic mass is 35.5. The molecule has 0 aromatic carbocycles. The van der Waals surface area contributed by atoms with Gasteiger partial charge in [-0.2, -0.15) is 0 Å². The van der Waals surface area contributed by atoms with Crippen molar-refractivity contribution in [1.82, 2.24) is 5.32 Å². The summed E-state index contributed by atoms with van der Waals surface area (Å²) in [5.74, 6) is -0.982. The van der Waals surface area contributed by atoms with Gasteiger partial charge in [0.1, 0.15) is 6.17 Å². The SMILES string of the molecule is Cl.O=C(O)CN[C@@H]1COC[C@H]1F. The van der Waals surface area contributed by atoms with Gasteiger partial charge in [0.15, 0.2) is 0 Å². The number of aliphatic carboxylic acids is 1. The van der Waals surface area contributed by atoms with E-state index in [2.05, 4.69) is 5.32 Å². The van der Waals surface area contributed by atoms with Crippen LogP contribution in [0.1, 0.15) is 0 Å². The molecule has 72 valence electrons. The molecule has 0 aromatic rings. The lowest BCUT2D eigenvalue weighted by molar-refractivity contribution is -0.136. The Kier molecular flexibility index (Phi) is 5.12. The Morgan fingerprint density at radius 3 is 2.75 bits per heavy atom. The first-order valence-corrected chi connectivity index (χ1v) is 3.37. The van der Waals surface area contributed by atoms with Crippen molar-refractivity contribution in [3.63, 3.8) is 0 Å². The molecule has 2 atom stereocenters. The molecule has 0 aliphatic carbocycles. The molecule has 1 aliphatic rings.